The average molecular weight is 292 g/mol. The Kier molecular flexibility index (Phi) is 4.16. The highest BCUT2D eigenvalue weighted by molar-refractivity contribution is 5.98. The minimum absolute atomic E-state index is 0.265. The van der Waals surface area contributed by atoms with Gasteiger partial charge < -0.3 is 9.47 Å². The summed E-state index contributed by atoms with van der Waals surface area (Å²) in [6.07, 6.45) is 1.39. The van der Waals surface area contributed by atoms with Crippen LogP contribution in [0, 0.1) is 0 Å². The van der Waals surface area contributed by atoms with Crippen molar-refractivity contribution < 1.29 is 19.1 Å². The first-order chi connectivity index (χ1) is 9.83. The molecule has 1 aromatic heterocycles. The van der Waals surface area contributed by atoms with Crippen molar-refractivity contribution in [3.63, 3.8) is 0 Å². The summed E-state index contributed by atoms with van der Waals surface area (Å²) < 4.78 is 10.4. The Hall–Kier alpha value is -2.11. The molecule has 6 heteroatoms. The summed E-state index contributed by atoms with van der Waals surface area (Å²) in [5.41, 5.74) is 0.190. The standard InChI is InChI=1S/C15H20N2O4/c1-5-20-13(18)11-9-10-7-6-8-16-12(10)17(11)14(19)21-15(2,3)4/h6-8,11H,5,9H2,1-4H3/t11-/m1/s1. The second kappa shape index (κ2) is 5.71. The fraction of sp³-hybridized carbons (Fsp3) is 0.533. The van der Waals surface area contributed by atoms with Crippen molar-refractivity contribution in [1.29, 1.82) is 0 Å². The summed E-state index contributed by atoms with van der Waals surface area (Å²) in [5, 5.41) is 0. The van der Waals surface area contributed by atoms with Crippen molar-refractivity contribution >= 4 is 17.9 Å². The van der Waals surface area contributed by atoms with Crippen molar-refractivity contribution in [1.82, 2.24) is 4.98 Å². The number of ether oxygens (including phenoxy) is 2. The number of nitrogens with zero attached hydrogens (tertiary/aromatic N) is 2. The molecule has 2 heterocycles. The van der Waals surface area contributed by atoms with Gasteiger partial charge >= 0.3 is 12.1 Å². The molecular formula is C15H20N2O4. The molecule has 114 valence electrons. The molecule has 0 radical (unpaired) electrons. The molecule has 0 spiro atoms. The first-order valence-corrected chi connectivity index (χ1v) is 6.96. The zero-order valence-corrected chi connectivity index (χ0v) is 12.8. The maximum absolute atomic E-state index is 12.4. The molecule has 6 nitrogen and oxygen atoms in total. The summed E-state index contributed by atoms with van der Waals surface area (Å²) in [4.78, 5) is 30.0. The van der Waals surface area contributed by atoms with E-state index in [0.717, 1.165) is 5.56 Å². The number of anilines is 1. The predicted molar refractivity (Wildman–Crippen MR) is 77.1 cm³/mol. The van der Waals surface area contributed by atoms with Crippen molar-refractivity contribution in [2.75, 3.05) is 11.5 Å². The lowest BCUT2D eigenvalue weighted by Gasteiger charge is -2.27. The number of aromatic nitrogens is 1. The van der Waals surface area contributed by atoms with E-state index >= 15 is 0 Å². The lowest BCUT2D eigenvalue weighted by Crippen LogP contribution is -2.46. The fourth-order valence-electron chi connectivity index (χ4n) is 2.21. The minimum atomic E-state index is -0.718. The van der Waals surface area contributed by atoms with Crippen molar-refractivity contribution in [3.8, 4) is 0 Å². The van der Waals surface area contributed by atoms with Crippen molar-refractivity contribution in [2.24, 2.45) is 0 Å². The van der Waals surface area contributed by atoms with Crippen LogP contribution >= 0.6 is 0 Å². The van der Waals surface area contributed by atoms with Crippen molar-refractivity contribution in [3.05, 3.63) is 23.9 Å². The van der Waals surface area contributed by atoms with Crippen LogP contribution in [0.4, 0.5) is 10.6 Å². The SMILES string of the molecule is CCOC(=O)[C@H]1Cc2cccnc2N1C(=O)OC(C)(C)C. The number of carbonyl (C=O) groups excluding carboxylic acids is 2. The Labute approximate surface area is 124 Å². The molecule has 0 unspecified atom stereocenters. The summed E-state index contributed by atoms with van der Waals surface area (Å²) >= 11 is 0. The molecule has 0 fully saturated rings. The Balaban J connectivity index is 2.31. The number of hydrogen-bond donors (Lipinski definition) is 0. The smallest absolute Gasteiger partial charge is 0.416 e. The molecular weight excluding hydrogens is 272 g/mol. The van der Waals surface area contributed by atoms with E-state index in [1.165, 1.54) is 4.90 Å². The largest absolute Gasteiger partial charge is 0.464 e. The van der Waals surface area contributed by atoms with E-state index in [1.54, 1.807) is 40.0 Å². The molecule has 1 aliphatic heterocycles. The van der Waals surface area contributed by atoms with Gasteiger partial charge in [-0.3, -0.25) is 0 Å². The Bertz CT molecular complexity index is 551. The van der Waals surface area contributed by atoms with E-state index in [4.69, 9.17) is 9.47 Å². The number of amides is 1. The molecule has 0 bridgehead atoms. The third kappa shape index (κ3) is 3.32. The fourth-order valence-corrected chi connectivity index (χ4v) is 2.21. The van der Waals surface area contributed by atoms with Gasteiger partial charge in [0.15, 0.2) is 0 Å². The van der Waals surface area contributed by atoms with E-state index in [2.05, 4.69) is 4.98 Å². The van der Waals surface area contributed by atoms with Crippen LogP contribution in [-0.4, -0.2) is 35.3 Å². The van der Waals surface area contributed by atoms with E-state index in [0.29, 0.717) is 12.2 Å². The zero-order chi connectivity index (χ0) is 15.6. The van der Waals surface area contributed by atoms with Gasteiger partial charge in [-0.05, 0) is 39.3 Å². The summed E-state index contributed by atoms with van der Waals surface area (Å²) in [7, 11) is 0. The number of carbonyl (C=O) groups is 2. The van der Waals surface area contributed by atoms with Crippen LogP contribution in [-0.2, 0) is 20.7 Å². The highest BCUT2D eigenvalue weighted by Crippen LogP contribution is 2.31. The van der Waals surface area contributed by atoms with Crippen LogP contribution in [0.15, 0.2) is 18.3 Å². The molecule has 1 aromatic rings. The maximum Gasteiger partial charge on any atom is 0.416 e. The van der Waals surface area contributed by atoms with Gasteiger partial charge in [0.25, 0.3) is 0 Å². The number of fused-ring (bicyclic) bond motifs is 1. The van der Waals surface area contributed by atoms with Crippen LogP contribution in [0.2, 0.25) is 0 Å². The monoisotopic (exact) mass is 292 g/mol. The van der Waals surface area contributed by atoms with Crippen LogP contribution < -0.4 is 4.90 Å². The van der Waals surface area contributed by atoms with Gasteiger partial charge in [0.1, 0.15) is 17.5 Å². The highest BCUT2D eigenvalue weighted by atomic mass is 16.6. The van der Waals surface area contributed by atoms with Gasteiger partial charge in [-0.2, -0.15) is 0 Å². The van der Waals surface area contributed by atoms with Crippen LogP contribution in [0.1, 0.15) is 33.3 Å². The number of hydrogen-bond acceptors (Lipinski definition) is 5. The molecule has 0 aromatic carbocycles. The Morgan fingerprint density at radius 3 is 2.76 bits per heavy atom. The lowest BCUT2D eigenvalue weighted by atomic mass is 10.1. The van der Waals surface area contributed by atoms with Gasteiger partial charge in [0.05, 0.1) is 6.61 Å². The van der Waals surface area contributed by atoms with Crippen molar-refractivity contribution in [2.45, 2.75) is 45.8 Å². The molecule has 21 heavy (non-hydrogen) atoms. The van der Waals surface area contributed by atoms with Gasteiger partial charge in [0.2, 0.25) is 0 Å². The van der Waals surface area contributed by atoms with E-state index in [9.17, 15) is 9.59 Å². The molecule has 1 amide bonds. The third-order valence-corrected chi connectivity index (χ3v) is 2.97. The summed E-state index contributed by atoms with van der Waals surface area (Å²) in [6, 6.07) is 2.91. The topological polar surface area (TPSA) is 68.7 Å². The highest BCUT2D eigenvalue weighted by Gasteiger charge is 2.42. The molecule has 0 saturated carbocycles. The minimum Gasteiger partial charge on any atom is -0.464 e. The number of esters is 1. The van der Waals surface area contributed by atoms with Gasteiger partial charge in [0, 0.05) is 12.6 Å². The average Bonchev–Trinajstić information content (AvgIpc) is 2.76. The molecule has 0 saturated heterocycles. The number of rotatable bonds is 2. The lowest BCUT2D eigenvalue weighted by molar-refractivity contribution is -0.144. The second-order valence-electron chi connectivity index (χ2n) is 5.81. The van der Waals surface area contributed by atoms with Gasteiger partial charge in [-0.15, -0.1) is 0 Å². The molecule has 1 aliphatic rings. The predicted octanol–water partition coefficient (Wildman–Crippen LogP) is 2.31. The summed E-state index contributed by atoms with van der Waals surface area (Å²) in [5.74, 6) is 0.0196. The third-order valence-electron chi connectivity index (χ3n) is 2.97. The summed E-state index contributed by atoms with van der Waals surface area (Å²) in [6.45, 7) is 7.33. The van der Waals surface area contributed by atoms with E-state index < -0.39 is 23.7 Å². The Morgan fingerprint density at radius 1 is 1.43 bits per heavy atom. The Morgan fingerprint density at radius 2 is 2.14 bits per heavy atom. The zero-order valence-electron chi connectivity index (χ0n) is 12.8. The maximum atomic E-state index is 12.4. The molecule has 1 atom stereocenters. The second-order valence-corrected chi connectivity index (χ2v) is 5.81. The quantitative estimate of drug-likeness (QED) is 0.782. The first kappa shape index (κ1) is 15.3. The van der Waals surface area contributed by atoms with Crippen LogP contribution in [0.25, 0.3) is 0 Å². The van der Waals surface area contributed by atoms with Crippen LogP contribution in [0.5, 0.6) is 0 Å². The molecule has 0 aliphatic carbocycles. The first-order valence-electron chi connectivity index (χ1n) is 6.96. The van der Waals surface area contributed by atoms with E-state index in [-0.39, 0.29) is 6.61 Å². The molecule has 2 rings (SSSR count). The molecule has 0 N–H and O–H groups in total. The van der Waals surface area contributed by atoms with Gasteiger partial charge in [-0.25, -0.2) is 19.5 Å². The van der Waals surface area contributed by atoms with E-state index in [1.807, 2.05) is 6.07 Å². The normalized spacial score (nSPS) is 17.3. The van der Waals surface area contributed by atoms with Crippen LogP contribution in [0.3, 0.4) is 0 Å². The van der Waals surface area contributed by atoms with Gasteiger partial charge in [-0.1, -0.05) is 6.07 Å². The number of pyridine rings is 1.